The van der Waals surface area contributed by atoms with Gasteiger partial charge in [0.05, 0.1) is 6.61 Å². The van der Waals surface area contributed by atoms with Gasteiger partial charge in [0.15, 0.2) is 0 Å². The van der Waals surface area contributed by atoms with E-state index in [4.69, 9.17) is 4.74 Å². The SMILES string of the molecule is CC(C)[C@H](NC(=O)CCCOc1ccccc1)C(=O)N1CCCCC1. The van der Waals surface area contributed by atoms with Crippen LogP contribution < -0.4 is 10.1 Å². The van der Waals surface area contributed by atoms with Crippen molar-refractivity contribution in [3.63, 3.8) is 0 Å². The van der Waals surface area contributed by atoms with E-state index in [0.717, 1.165) is 31.7 Å². The van der Waals surface area contributed by atoms with Gasteiger partial charge in [-0.15, -0.1) is 0 Å². The number of benzene rings is 1. The third-order valence-corrected chi connectivity index (χ3v) is 4.48. The standard InChI is InChI=1S/C20H30N2O3/c1-16(2)19(20(24)22-13-7-4-8-14-22)21-18(23)12-9-15-25-17-10-5-3-6-11-17/h3,5-6,10-11,16,19H,4,7-9,12-15H2,1-2H3,(H,21,23)/t19-/m0/s1. The molecule has 2 amide bonds. The van der Waals surface area contributed by atoms with Crippen LogP contribution in [0.15, 0.2) is 30.3 Å². The summed E-state index contributed by atoms with van der Waals surface area (Å²) in [6.45, 7) is 6.06. The second-order valence-corrected chi connectivity index (χ2v) is 6.94. The lowest BCUT2D eigenvalue weighted by molar-refractivity contribution is -0.138. The molecule has 1 saturated heterocycles. The van der Waals surface area contributed by atoms with Gasteiger partial charge in [-0.3, -0.25) is 9.59 Å². The summed E-state index contributed by atoms with van der Waals surface area (Å²) in [7, 11) is 0. The number of ether oxygens (including phenoxy) is 1. The molecule has 0 aromatic heterocycles. The van der Waals surface area contributed by atoms with E-state index in [0.29, 0.717) is 19.4 Å². The summed E-state index contributed by atoms with van der Waals surface area (Å²) in [4.78, 5) is 26.8. The molecule has 1 aliphatic rings. The number of rotatable bonds is 8. The normalized spacial score (nSPS) is 15.7. The van der Waals surface area contributed by atoms with E-state index in [-0.39, 0.29) is 17.7 Å². The maximum atomic E-state index is 12.7. The zero-order chi connectivity index (χ0) is 18.1. The van der Waals surface area contributed by atoms with Crippen LogP contribution in [-0.2, 0) is 9.59 Å². The van der Waals surface area contributed by atoms with E-state index in [2.05, 4.69) is 5.32 Å². The molecule has 1 fully saturated rings. The van der Waals surface area contributed by atoms with Crippen molar-refractivity contribution in [3.8, 4) is 5.75 Å². The molecule has 0 radical (unpaired) electrons. The highest BCUT2D eigenvalue weighted by Gasteiger charge is 2.29. The van der Waals surface area contributed by atoms with Crippen molar-refractivity contribution in [1.29, 1.82) is 0 Å². The summed E-state index contributed by atoms with van der Waals surface area (Å²) in [5, 5.41) is 2.93. The van der Waals surface area contributed by atoms with Gasteiger partial charge in [0, 0.05) is 19.5 Å². The van der Waals surface area contributed by atoms with Crippen molar-refractivity contribution in [1.82, 2.24) is 10.2 Å². The van der Waals surface area contributed by atoms with Crippen LogP contribution >= 0.6 is 0 Å². The van der Waals surface area contributed by atoms with Crippen LogP contribution in [0.1, 0.15) is 46.0 Å². The monoisotopic (exact) mass is 346 g/mol. The number of hydrogen-bond acceptors (Lipinski definition) is 3. The number of carbonyl (C=O) groups excluding carboxylic acids is 2. The molecule has 25 heavy (non-hydrogen) atoms. The average Bonchev–Trinajstić information content (AvgIpc) is 2.64. The van der Waals surface area contributed by atoms with Crippen molar-refractivity contribution >= 4 is 11.8 Å². The number of nitrogens with zero attached hydrogens (tertiary/aromatic N) is 1. The largest absolute Gasteiger partial charge is 0.494 e. The number of hydrogen-bond donors (Lipinski definition) is 1. The van der Waals surface area contributed by atoms with Gasteiger partial charge in [0.25, 0.3) is 0 Å². The molecule has 0 unspecified atom stereocenters. The Morgan fingerprint density at radius 2 is 1.80 bits per heavy atom. The average molecular weight is 346 g/mol. The van der Waals surface area contributed by atoms with Crippen LogP contribution in [0.2, 0.25) is 0 Å². The fraction of sp³-hybridized carbons (Fsp3) is 0.600. The lowest BCUT2D eigenvalue weighted by atomic mass is 10.0. The van der Waals surface area contributed by atoms with Gasteiger partial charge < -0.3 is 15.0 Å². The highest BCUT2D eigenvalue weighted by molar-refractivity contribution is 5.87. The first-order valence-electron chi connectivity index (χ1n) is 9.34. The molecule has 0 spiro atoms. The van der Waals surface area contributed by atoms with Gasteiger partial charge in [-0.2, -0.15) is 0 Å². The number of nitrogens with one attached hydrogen (secondary N) is 1. The van der Waals surface area contributed by atoms with E-state index >= 15 is 0 Å². The van der Waals surface area contributed by atoms with Crippen molar-refractivity contribution < 1.29 is 14.3 Å². The van der Waals surface area contributed by atoms with Crippen LogP contribution in [-0.4, -0.2) is 42.5 Å². The summed E-state index contributed by atoms with van der Waals surface area (Å²) in [5.74, 6) is 0.867. The van der Waals surface area contributed by atoms with Crippen molar-refractivity contribution in [2.24, 2.45) is 5.92 Å². The number of carbonyl (C=O) groups is 2. The van der Waals surface area contributed by atoms with E-state index in [9.17, 15) is 9.59 Å². The van der Waals surface area contributed by atoms with Crippen LogP contribution in [0, 0.1) is 5.92 Å². The molecule has 1 aliphatic heterocycles. The maximum absolute atomic E-state index is 12.7. The van der Waals surface area contributed by atoms with Gasteiger partial charge in [0.2, 0.25) is 11.8 Å². The van der Waals surface area contributed by atoms with Crippen molar-refractivity contribution in [3.05, 3.63) is 30.3 Å². The summed E-state index contributed by atoms with van der Waals surface area (Å²) in [5.41, 5.74) is 0. The third kappa shape index (κ3) is 6.40. The van der Waals surface area contributed by atoms with E-state index in [1.165, 1.54) is 6.42 Å². The second kappa shape index (κ2) is 10.1. The Balaban J connectivity index is 1.74. The first-order chi connectivity index (χ1) is 12.1. The number of amides is 2. The molecule has 5 nitrogen and oxygen atoms in total. The molecule has 2 rings (SSSR count). The van der Waals surface area contributed by atoms with Crippen LogP contribution in [0.4, 0.5) is 0 Å². The molecule has 138 valence electrons. The number of piperidine rings is 1. The predicted molar refractivity (Wildman–Crippen MR) is 98.4 cm³/mol. The van der Waals surface area contributed by atoms with Crippen LogP contribution in [0.3, 0.4) is 0 Å². The molecule has 0 aliphatic carbocycles. The Hall–Kier alpha value is -2.04. The Labute approximate surface area is 150 Å². The zero-order valence-corrected chi connectivity index (χ0v) is 15.4. The smallest absolute Gasteiger partial charge is 0.245 e. The number of likely N-dealkylation sites (tertiary alicyclic amines) is 1. The van der Waals surface area contributed by atoms with Gasteiger partial charge in [-0.1, -0.05) is 32.0 Å². The van der Waals surface area contributed by atoms with E-state index < -0.39 is 6.04 Å². The summed E-state index contributed by atoms with van der Waals surface area (Å²) < 4.78 is 5.60. The fourth-order valence-electron chi connectivity index (χ4n) is 3.01. The molecular weight excluding hydrogens is 316 g/mol. The minimum atomic E-state index is -0.430. The molecule has 1 aromatic carbocycles. The maximum Gasteiger partial charge on any atom is 0.245 e. The molecule has 0 saturated carbocycles. The molecule has 1 aromatic rings. The molecule has 5 heteroatoms. The Morgan fingerprint density at radius 1 is 1.12 bits per heavy atom. The Bertz CT molecular complexity index is 539. The van der Waals surface area contributed by atoms with Gasteiger partial charge >= 0.3 is 0 Å². The molecule has 1 N–H and O–H groups in total. The summed E-state index contributed by atoms with van der Waals surface area (Å²) in [6, 6.07) is 9.13. The fourth-order valence-corrected chi connectivity index (χ4v) is 3.01. The summed E-state index contributed by atoms with van der Waals surface area (Å²) >= 11 is 0. The zero-order valence-electron chi connectivity index (χ0n) is 15.4. The highest BCUT2D eigenvalue weighted by atomic mass is 16.5. The lowest BCUT2D eigenvalue weighted by Gasteiger charge is -2.32. The minimum Gasteiger partial charge on any atom is -0.494 e. The van der Waals surface area contributed by atoms with Crippen molar-refractivity contribution in [2.45, 2.75) is 52.0 Å². The van der Waals surface area contributed by atoms with Crippen LogP contribution in [0.25, 0.3) is 0 Å². The number of para-hydroxylation sites is 1. The molecule has 0 bridgehead atoms. The first kappa shape index (κ1) is 19.3. The van der Waals surface area contributed by atoms with E-state index in [1.807, 2.05) is 49.1 Å². The summed E-state index contributed by atoms with van der Waals surface area (Å²) in [6.07, 6.45) is 4.29. The van der Waals surface area contributed by atoms with Gasteiger partial charge in [-0.05, 0) is 43.7 Å². The third-order valence-electron chi connectivity index (χ3n) is 4.48. The van der Waals surface area contributed by atoms with Gasteiger partial charge in [-0.25, -0.2) is 0 Å². The van der Waals surface area contributed by atoms with E-state index in [1.54, 1.807) is 0 Å². The topological polar surface area (TPSA) is 58.6 Å². The Morgan fingerprint density at radius 3 is 2.44 bits per heavy atom. The Kier molecular flexibility index (Phi) is 7.76. The molecule has 1 heterocycles. The first-order valence-corrected chi connectivity index (χ1v) is 9.34. The van der Waals surface area contributed by atoms with Crippen LogP contribution in [0.5, 0.6) is 5.75 Å². The molecule has 1 atom stereocenters. The second-order valence-electron chi connectivity index (χ2n) is 6.94. The predicted octanol–water partition coefficient (Wildman–Crippen LogP) is 3.00. The molecular formula is C20H30N2O3. The highest BCUT2D eigenvalue weighted by Crippen LogP contribution is 2.14. The van der Waals surface area contributed by atoms with Crippen molar-refractivity contribution in [2.75, 3.05) is 19.7 Å². The quantitative estimate of drug-likeness (QED) is 0.736. The minimum absolute atomic E-state index is 0.0589. The van der Waals surface area contributed by atoms with Gasteiger partial charge in [0.1, 0.15) is 11.8 Å². The lowest BCUT2D eigenvalue weighted by Crippen LogP contribution is -2.52.